The van der Waals surface area contributed by atoms with E-state index in [0.717, 1.165) is 29.8 Å². The van der Waals surface area contributed by atoms with Crippen LogP contribution in [-0.2, 0) is 6.42 Å². The largest absolute Gasteiger partial charge is 0.338 e. The molecule has 2 aromatic carbocycles. The molecule has 0 spiro atoms. The van der Waals surface area contributed by atoms with Crippen molar-refractivity contribution in [1.29, 1.82) is 0 Å². The SMILES string of the molecule is Cc1nn(-c2ccccc2)cc1CCCNC(=O)Nc1ccc([N+](=O)[O-])cc1Cl. The first-order valence-electron chi connectivity index (χ1n) is 9.03. The normalized spacial score (nSPS) is 10.6. The zero-order chi connectivity index (χ0) is 20.8. The molecule has 1 aromatic heterocycles. The van der Waals surface area contributed by atoms with Crippen LogP contribution < -0.4 is 10.6 Å². The molecule has 3 aromatic rings. The fourth-order valence-corrected chi connectivity index (χ4v) is 3.04. The number of non-ortho nitro benzene ring substituents is 1. The summed E-state index contributed by atoms with van der Waals surface area (Å²) < 4.78 is 1.85. The highest BCUT2D eigenvalue weighted by Gasteiger charge is 2.11. The third kappa shape index (κ3) is 5.32. The molecule has 3 rings (SSSR count). The smallest absolute Gasteiger partial charge is 0.319 e. The summed E-state index contributed by atoms with van der Waals surface area (Å²) in [6.07, 6.45) is 3.52. The monoisotopic (exact) mass is 413 g/mol. The van der Waals surface area contributed by atoms with Crippen molar-refractivity contribution in [2.24, 2.45) is 0 Å². The lowest BCUT2D eigenvalue weighted by atomic mass is 10.1. The highest BCUT2D eigenvalue weighted by atomic mass is 35.5. The maximum Gasteiger partial charge on any atom is 0.319 e. The number of urea groups is 1. The average molecular weight is 414 g/mol. The van der Waals surface area contributed by atoms with E-state index in [1.54, 1.807) is 0 Å². The maximum absolute atomic E-state index is 12.0. The van der Waals surface area contributed by atoms with Crippen LogP contribution in [0.3, 0.4) is 0 Å². The van der Waals surface area contributed by atoms with Crippen LogP contribution in [0.4, 0.5) is 16.2 Å². The zero-order valence-corrected chi connectivity index (χ0v) is 16.5. The molecule has 0 radical (unpaired) electrons. The Bertz CT molecular complexity index is 1020. The number of amides is 2. The number of aryl methyl sites for hydroxylation is 2. The van der Waals surface area contributed by atoms with Gasteiger partial charge < -0.3 is 10.6 Å². The Morgan fingerprint density at radius 2 is 2.00 bits per heavy atom. The van der Waals surface area contributed by atoms with E-state index < -0.39 is 11.0 Å². The minimum atomic E-state index is -0.544. The van der Waals surface area contributed by atoms with Gasteiger partial charge in [-0.15, -0.1) is 0 Å². The molecule has 2 amide bonds. The van der Waals surface area contributed by atoms with Gasteiger partial charge in [0.05, 0.1) is 27.0 Å². The first kappa shape index (κ1) is 20.3. The van der Waals surface area contributed by atoms with E-state index in [1.807, 2.05) is 48.1 Å². The second-order valence-corrected chi connectivity index (χ2v) is 6.83. The van der Waals surface area contributed by atoms with E-state index in [9.17, 15) is 14.9 Å². The summed E-state index contributed by atoms with van der Waals surface area (Å²) in [6, 6.07) is 13.3. The summed E-state index contributed by atoms with van der Waals surface area (Å²) in [5.41, 5.74) is 3.26. The van der Waals surface area contributed by atoms with E-state index in [2.05, 4.69) is 15.7 Å². The molecule has 2 N–H and O–H groups in total. The topological polar surface area (TPSA) is 102 Å². The lowest BCUT2D eigenvalue weighted by molar-refractivity contribution is -0.384. The zero-order valence-electron chi connectivity index (χ0n) is 15.8. The van der Waals surface area contributed by atoms with Crippen molar-refractivity contribution >= 4 is 29.0 Å². The molecule has 0 fully saturated rings. The van der Waals surface area contributed by atoms with E-state index in [4.69, 9.17) is 11.6 Å². The third-order valence-corrected chi connectivity index (χ3v) is 4.65. The quantitative estimate of drug-likeness (QED) is 0.338. The summed E-state index contributed by atoms with van der Waals surface area (Å²) in [5.74, 6) is 0. The van der Waals surface area contributed by atoms with Crippen molar-refractivity contribution in [3.05, 3.63) is 81.1 Å². The number of carbonyl (C=O) groups excluding carboxylic acids is 1. The number of aromatic nitrogens is 2. The highest BCUT2D eigenvalue weighted by molar-refractivity contribution is 6.33. The maximum atomic E-state index is 12.0. The van der Waals surface area contributed by atoms with Crippen molar-refractivity contribution in [3.8, 4) is 5.69 Å². The molecule has 0 aliphatic carbocycles. The van der Waals surface area contributed by atoms with Crippen LogP contribution in [0.2, 0.25) is 5.02 Å². The molecule has 0 unspecified atom stereocenters. The molecule has 0 saturated carbocycles. The van der Waals surface area contributed by atoms with Crippen LogP contribution in [0.15, 0.2) is 54.7 Å². The minimum Gasteiger partial charge on any atom is -0.338 e. The predicted molar refractivity (Wildman–Crippen MR) is 112 cm³/mol. The Morgan fingerprint density at radius 1 is 1.24 bits per heavy atom. The van der Waals surface area contributed by atoms with Gasteiger partial charge in [-0.05, 0) is 43.5 Å². The Balaban J connectivity index is 1.48. The summed E-state index contributed by atoms with van der Waals surface area (Å²) >= 11 is 5.97. The van der Waals surface area contributed by atoms with Crippen molar-refractivity contribution in [2.45, 2.75) is 19.8 Å². The number of nitro groups is 1. The lowest BCUT2D eigenvalue weighted by Gasteiger charge is -2.08. The van der Waals surface area contributed by atoms with Crippen molar-refractivity contribution < 1.29 is 9.72 Å². The first-order valence-corrected chi connectivity index (χ1v) is 9.41. The van der Waals surface area contributed by atoms with Gasteiger partial charge in [-0.25, -0.2) is 9.48 Å². The van der Waals surface area contributed by atoms with Crippen molar-refractivity contribution in [1.82, 2.24) is 15.1 Å². The summed E-state index contributed by atoms with van der Waals surface area (Å²) in [6.45, 7) is 2.43. The lowest BCUT2D eigenvalue weighted by Crippen LogP contribution is -2.29. The van der Waals surface area contributed by atoms with Crippen LogP contribution in [0, 0.1) is 17.0 Å². The van der Waals surface area contributed by atoms with Crippen molar-refractivity contribution in [3.63, 3.8) is 0 Å². The molecular formula is C20H20ClN5O3. The van der Waals surface area contributed by atoms with Crippen molar-refractivity contribution in [2.75, 3.05) is 11.9 Å². The first-order chi connectivity index (χ1) is 13.9. The van der Waals surface area contributed by atoms with E-state index >= 15 is 0 Å². The minimum absolute atomic E-state index is 0.110. The number of hydrogen-bond acceptors (Lipinski definition) is 4. The molecular weight excluding hydrogens is 394 g/mol. The van der Waals surface area contributed by atoms with Crippen LogP contribution in [0.1, 0.15) is 17.7 Å². The Kier molecular flexibility index (Phi) is 6.46. The summed E-state index contributed by atoms with van der Waals surface area (Å²) in [5, 5.41) is 20.7. The number of nitro benzene ring substituents is 1. The molecule has 150 valence electrons. The van der Waals surface area contributed by atoms with E-state index in [0.29, 0.717) is 12.2 Å². The van der Waals surface area contributed by atoms with Gasteiger partial charge in [-0.2, -0.15) is 5.10 Å². The molecule has 0 atom stereocenters. The molecule has 0 aliphatic rings. The number of anilines is 1. The number of halogens is 1. The standard InChI is InChI=1S/C20H20ClN5O3/c1-14-15(13-25(24-14)16-7-3-2-4-8-16)6-5-11-22-20(27)23-19-10-9-17(26(28)29)12-18(19)21/h2-4,7-10,12-13H,5-6,11H2,1H3,(H2,22,23,27). The molecule has 0 bridgehead atoms. The second-order valence-electron chi connectivity index (χ2n) is 6.43. The third-order valence-electron chi connectivity index (χ3n) is 4.34. The van der Waals surface area contributed by atoms with Gasteiger partial charge >= 0.3 is 6.03 Å². The highest BCUT2D eigenvalue weighted by Crippen LogP contribution is 2.26. The number of carbonyl (C=O) groups is 1. The molecule has 9 heteroatoms. The summed E-state index contributed by atoms with van der Waals surface area (Å²) in [7, 11) is 0. The number of benzene rings is 2. The van der Waals surface area contributed by atoms with E-state index in [-0.39, 0.29) is 10.7 Å². The van der Waals surface area contributed by atoms with Gasteiger partial charge in [-0.1, -0.05) is 29.8 Å². The predicted octanol–water partition coefficient (Wildman–Crippen LogP) is 4.50. The van der Waals surface area contributed by atoms with Gasteiger partial charge in [0.2, 0.25) is 0 Å². The Morgan fingerprint density at radius 3 is 2.69 bits per heavy atom. The molecule has 0 saturated heterocycles. The molecule has 8 nitrogen and oxygen atoms in total. The Labute approximate surface area is 172 Å². The number of para-hydroxylation sites is 1. The van der Waals surface area contributed by atoms with Gasteiger partial charge in [-0.3, -0.25) is 10.1 Å². The van der Waals surface area contributed by atoms with Crippen LogP contribution >= 0.6 is 11.6 Å². The van der Waals surface area contributed by atoms with Crippen LogP contribution in [-0.4, -0.2) is 27.3 Å². The second kappa shape index (κ2) is 9.20. The van der Waals surface area contributed by atoms with Gasteiger partial charge in [0.25, 0.3) is 5.69 Å². The fraction of sp³-hybridized carbons (Fsp3) is 0.200. The number of nitrogens with one attached hydrogen (secondary N) is 2. The van der Waals surface area contributed by atoms with Crippen LogP contribution in [0.5, 0.6) is 0 Å². The average Bonchev–Trinajstić information content (AvgIpc) is 3.08. The Hall–Kier alpha value is -3.39. The van der Waals surface area contributed by atoms with Crippen LogP contribution in [0.25, 0.3) is 5.69 Å². The van der Waals surface area contributed by atoms with Gasteiger partial charge in [0.15, 0.2) is 0 Å². The number of rotatable bonds is 7. The summed E-state index contributed by atoms with van der Waals surface area (Å²) in [4.78, 5) is 22.2. The number of hydrogen-bond donors (Lipinski definition) is 2. The van der Waals surface area contributed by atoms with Gasteiger partial charge in [0.1, 0.15) is 0 Å². The van der Waals surface area contributed by atoms with E-state index in [1.165, 1.54) is 18.2 Å². The van der Waals surface area contributed by atoms with Gasteiger partial charge in [0, 0.05) is 24.9 Å². The fourth-order valence-electron chi connectivity index (χ4n) is 2.82. The molecule has 29 heavy (non-hydrogen) atoms. The molecule has 0 aliphatic heterocycles. The number of nitrogens with zero attached hydrogens (tertiary/aromatic N) is 3. The molecule has 1 heterocycles.